The summed E-state index contributed by atoms with van der Waals surface area (Å²) in [5, 5.41) is 9.48. The van der Waals surface area contributed by atoms with E-state index in [1.54, 1.807) is 6.92 Å². The van der Waals surface area contributed by atoms with E-state index in [1.165, 1.54) is 6.92 Å². The van der Waals surface area contributed by atoms with Crippen LogP contribution in [0.15, 0.2) is 0 Å². The highest BCUT2D eigenvalue weighted by Crippen LogP contribution is 2.26. The molecule has 4 heteroatoms. The lowest BCUT2D eigenvalue weighted by Crippen LogP contribution is -2.46. The molecule has 0 bridgehead atoms. The van der Waals surface area contributed by atoms with Crippen LogP contribution in [0.3, 0.4) is 0 Å². The number of esters is 1. The number of carbonyl (C=O) groups is 2. The highest BCUT2D eigenvalue weighted by Gasteiger charge is 2.52. The van der Waals surface area contributed by atoms with E-state index in [4.69, 9.17) is 0 Å². The fourth-order valence-corrected chi connectivity index (χ4v) is 1.12. The molecule has 0 saturated carbocycles. The number of hydrogen-bond acceptors (Lipinski definition) is 4. The first-order valence-electron chi connectivity index (χ1n) is 3.40. The van der Waals surface area contributed by atoms with Gasteiger partial charge in [0.05, 0.1) is 6.61 Å². The maximum absolute atomic E-state index is 10.9. The highest BCUT2D eigenvalue weighted by atomic mass is 16.6. The van der Waals surface area contributed by atoms with Gasteiger partial charge in [0.2, 0.25) is 5.60 Å². The summed E-state index contributed by atoms with van der Waals surface area (Å²) in [5.74, 6) is -1.81. The van der Waals surface area contributed by atoms with Crippen molar-refractivity contribution in [3.05, 3.63) is 0 Å². The predicted molar refractivity (Wildman–Crippen MR) is 35.8 cm³/mol. The molecule has 11 heavy (non-hydrogen) atoms. The van der Waals surface area contributed by atoms with Crippen molar-refractivity contribution in [1.82, 2.24) is 0 Å². The summed E-state index contributed by atoms with van der Waals surface area (Å²) in [5.41, 5.74) is -1.89. The van der Waals surface area contributed by atoms with Gasteiger partial charge in [-0.05, 0) is 6.92 Å². The van der Waals surface area contributed by atoms with Crippen LogP contribution in [0, 0.1) is 5.92 Å². The molecule has 1 aliphatic rings. The standard InChI is InChI=1S/C7H10O4/c1-4-3-11-6(9)7(4,10)5(2)8/h4,10H,3H2,1-2H3/t4-,7+/m1/s1. The van der Waals surface area contributed by atoms with Crippen molar-refractivity contribution < 1.29 is 19.4 Å². The van der Waals surface area contributed by atoms with E-state index in [1.807, 2.05) is 0 Å². The summed E-state index contributed by atoms with van der Waals surface area (Å²) >= 11 is 0. The molecular formula is C7H10O4. The molecule has 1 fully saturated rings. The number of aliphatic hydroxyl groups is 1. The largest absolute Gasteiger partial charge is 0.463 e. The van der Waals surface area contributed by atoms with Gasteiger partial charge in [-0.2, -0.15) is 0 Å². The normalized spacial score (nSPS) is 37.0. The molecule has 0 aromatic heterocycles. The molecule has 0 aliphatic carbocycles. The molecule has 4 nitrogen and oxygen atoms in total. The Morgan fingerprint density at radius 1 is 1.82 bits per heavy atom. The summed E-state index contributed by atoms with van der Waals surface area (Å²) in [6.45, 7) is 2.91. The molecule has 0 spiro atoms. The Morgan fingerprint density at radius 3 is 2.55 bits per heavy atom. The van der Waals surface area contributed by atoms with E-state index in [0.29, 0.717) is 0 Å². The number of rotatable bonds is 1. The number of Topliss-reactive ketones (excluding diaryl/α,β-unsaturated/α-hetero) is 1. The Balaban J connectivity index is 2.98. The van der Waals surface area contributed by atoms with Gasteiger partial charge in [-0.15, -0.1) is 0 Å². The monoisotopic (exact) mass is 158 g/mol. The van der Waals surface area contributed by atoms with E-state index in [0.717, 1.165) is 0 Å². The SMILES string of the molecule is CC(=O)[C@]1(O)C(=O)OC[C@H]1C. The fraction of sp³-hybridized carbons (Fsp3) is 0.714. The second-order valence-electron chi connectivity index (χ2n) is 2.82. The molecule has 2 atom stereocenters. The van der Waals surface area contributed by atoms with Crippen molar-refractivity contribution >= 4 is 11.8 Å². The average Bonchev–Trinajstić information content (AvgIpc) is 2.18. The first-order chi connectivity index (χ1) is 4.99. The Morgan fingerprint density at radius 2 is 2.36 bits per heavy atom. The lowest BCUT2D eigenvalue weighted by Gasteiger charge is -2.17. The van der Waals surface area contributed by atoms with Gasteiger partial charge in [0.15, 0.2) is 5.78 Å². The van der Waals surface area contributed by atoms with Crippen LogP contribution in [-0.2, 0) is 14.3 Å². The van der Waals surface area contributed by atoms with E-state index in [-0.39, 0.29) is 6.61 Å². The van der Waals surface area contributed by atoms with Gasteiger partial charge in [0.1, 0.15) is 0 Å². The van der Waals surface area contributed by atoms with Crippen LogP contribution < -0.4 is 0 Å². The van der Waals surface area contributed by atoms with Crippen molar-refractivity contribution in [2.75, 3.05) is 6.61 Å². The molecule has 1 rings (SSSR count). The van der Waals surface area contributed by atoms with Crippen LogP contribution in [0.5, 0.6) is 0 Å². The summed E-state index contributed by atoms with van der Waals surface area (Å²) in [4.78, 5) is 21.7. The molecule has 0 radical (unpaired) electrons. The first kappa shape index (κ1) is 8.20. The van der Waals surface area contributed by atoms with E-state index >= 15 is 0 Å². The Hall–Kier alpha value is -0.900. The molecule has 0 amide bonds. The van der Waals surface area contributed by atoms with Crippen LogP contribution in [-0.4, -0.2) is 29.1 Å². The summed E-state index contributed by atoms with van der Waals surface area (Å²) in [6, 6.07) is 0. The topological polar surface area (TPSA) is 63.6 Å². The number of carbonyl (C=O) groups excluding carboxylic acids is 2. The molecule has 0 aromatic rings. The van der Waals surface area contributed by atoms with Crippen molar-refractivity contribution in [2.24, 2.45) is 5.92 Å². The molecular weight excluding hydrogens is 148 g/mol. The first-order valence-corrected chi connectivity index (χ1v) is 3.40. The maximum atomic E-state index is 10.9. The zero-order chi connectivity index (χ0) is 8.65. The predicted octanol–water partition coefficient (Wildman–Crippen LogP) is -0.501. The highest BCUT2D eigenvalue weighted by molar-refractivity contribution is 6.07. The van der Waals surface area contributed by atoms with E-state index < -0.39 is 23.3 Å². The molecule has 1 aliphatic heterocycles. The summed E-state index contributed by atoms with van der Waals surface area (Å²) in [7, 11) is 0. The van der Waals surface area contributed by atoms with E-state index in [2.05, 4.69) is 4.74 Å². The number of ketones is 1. The van der Waals surface area contributed by atoms with Crippen molar-refractivity contribution in [3.8, 4) is 0 Å². The van der Waals surface area contributed by atoms with Crippen molar-refractivity contribution in [1.29, 1.82) is 0 Å². The number of cyclic esters (lactones) is 1. The van der Waals surface area contributed by atoms with Crippen molar-refractivity contribution in [2.45, 2.75) is 19.4 Å². The van der Waals surface area contributed by atoms with Crippen LogP contribution >= 0.6 is 0 Å². The van der Waals surface area contributed by atoms with Crippen LogP contribution in [0.4, 0.5) is 0 Å². The van der Waals surface area contributed by atoms with E-state index in [9.17, 15) is 14.7 Å². The van der Waals surface area contributed by atoms with Gasteiger partial charge >= 0.3 is 5.97 Å². The maximum Gasteiger partial charge on any atom is 0.346 e. The second-order valence-corrected chi connectivity index (χ2v) is 2.82. The van der Waals surface area contributed by atoms with Crippen molar-refractivity contribution in [3.63, 3.8) is 0 Å². The molecule has 1 heterocycles. The van der Waals surface area contributed by atoms with Gasteiger partial charge in [0.25, 0.3) is 0 Å². The molecule has 0 aromatic carbocycles. The average molecular weight is 158 g/mol. The fourth-order valence-electron chi connectivity index (χ4n) is 1.12. The molecule has 1 N–H and O–H groups in total. The quantitative estimate of drug-likeness (QED) is 0.412. The van der Waals surface area contributed by atoms with Gasteiger partial charge in [-0.1, -0.05) is 6.92 Å². The third-order valence-electron chi connectivity index (χ3n) is 2.03. The molecule has 62 valence electrons. The Bertz CT molecular complexity index is 210. The zero-order valence-corrected chi connectivity index (χ0v) is 6.46. The zero-order valence-electron chi connectivity index (χ0n) is 6.46. The Kier molecular flexibility index (Phi) is 1.72. The number of ether oxygens (including phenoxy) is 1. The third kappa shape index (κ3) is 0.939. The van der Waals surface area contributed by atoms with Crippen LogP contribution in [0.2, 0.25) is 0 Å². The van der Waals surface area contributed by atoms with Gasteiger partial charge < -0.3 is 9.84 Å². The third-order valence-corrected chi connectivity index (χ3v) is 2.03. The minimum atomic E-state index is -1.89. The minimum absolute atomic E-state index is 0.120. The van der Waals surface area contributed by atoms with Crippen LogP contribution in [0.1, 0.15) is 13.8 Å². The summed E-state index contributed by atoms with van der Waals surface area (Å²) in [6.07, 6.45) is 0. The number of hydrogen-bond donors (Lipinski definition) is 1. The van der Waals surface area contributed by atoms with Gasteiger partial charge in [-0.3, -0.25) is 4.79 Å². The van der Waals surface area contributed by atoms with Gasteiger partial charge in [0, 0.05) is 5.92 Å². The van der Waals surface area contributed by atoms with Gasteiger partial charge in [-0.25, -0.2) is 4.79 Å². The molecule has 0 unspecified atom stereocenters. The molecule has 1 saturated heterocycles. The Labute approximate surface area is 64.2 Å². The minimum Gasteiger partial charge on any atom is -0.463 e. The smallest absolute Gasteiger partial charge is 0.346 e. The lowest BCUT2D eigenvalue weighted by molar-refractivity contribution is -0.160. The summed E-state index contributed by atoms with van der Waals surface area (Å²) < 4.78 is 4.53. The van der Waals surface area contributed by atoms with Crippen LogP contribution in [0.25, 0.3) is 0 Å². The lowest BCUT2D eigenvalue weighted by atomic mass is 9.88. The second kappa shape index (κ2) is 2.30.